The summed E-state index contributed by atoms with van der Waals surface area (Å²) in [5.74, 6) is 1.93. The van der Waals surface area contributed by atoms with Crippen LogP contribution in [-0.4, -0.2) is 53.1 Å². The molecule has 0 radical (unpaired) electrons. The molecule has 0 saturated heterocycles. The van der Waals surface area contributed by atoms with Crippen molar-refractivity contribution in [1.82, 2.24) is 19.9 Å². The number of para-hydroxylation sites is 2. The highest BCUT2D eigenvalue weighted by Gasteiger charge is 2.20. The Balaban J connectivity index is 1.14. The highest BCUT2D eigenvalue weighted by molar-refractivity contribution is 6.05. The molecule has 1 N–H and O–H groups in total. The molecule has 0 atom stereocenters. The van der Waals surface area contributed by atoms with Gasteiger partial charge in [-0.2, -0.15) is 0 Å². The van der Waals surface area contributed by atoms with Crippen LogP contribution in [0.3, 0.4) is 0 Å². The van der Waals surface area contributed by atoms with E-state index < -0.39 is 0 Å². The van der Waals surface area contributed by atoms with E-state index in [2.05, 4.69) is 53.4 Å². The SMILES string of the molecule is COc1cc2c(cc1OC)CN(CCn1cc(COc3ccccc3NC(=O)c3ccc(C(C)(C)C)cc3)nn1)CC2. The molecule has 0 bridgehead atoms. The van der Waals surface area contributed by atoms with Crippen molar-refractivity contribution in [3.63, 3.8) is 0 Å². The molecule has 0 fully saturated rings. The van der Waals surface area contributed by atoms with Crippen LogP contribution in [0.25, 0.3) is 0 Å². The number of nitrogens with one attached hydrogen (secondary N) is 1. The number of nitrogens with zero attached hydrogens (tertiary/aromatic N) is 4. The van der Waals surface area contributed by atoms with Crippen molar-refractivity contribution < 1.29 is 19.0 Å². The van der Waals surface area contributed by atoms with Gasteiger partial charge >= 0.3 is 0 Å². The Labute approximate surface area is 247 Å². The van der Waals surface area contributed by atoms with Crippen molar-refractivity contribution in [2.45, 2.75) is 52.3 Å². The minimum Gasteiger partial charge on any atom is -0.493 e. The van der Waals surface area contributed by atoms with Gasteiger partial charge in [-0.3, -0.25) is 14.4 Å². The third-order valence-electron chi connectivity index (χ3n) is 7.55. The van der Waals surface area contributed by atoms with Crippen LogP contribution >= 0.6 is 0 Å². The summed E-state index contributed by atoms with van der Waals surface area (Å²) in [5.41, 5.74) is 5.69. The van der Waals surface area contributed by atoms with Crippen LogP contribution in [0.5, 0.6) is 17.2 Å². The third kappa shape index (κ3) is 6.91. The molecule has 0 aliphatic carbocycles. The van der Waals surface area contributed by atoms with Crippen LogP contribution in [0.15, 0.2) is 66.9 Å². The van der Waals surface area contributed by atoms with Crippen LogP contribution in [-0.2, 0) is 31.5 Å². The maximum absolute atomic E-state index is 12.9. The maximum atomic E-state index is 12.9. The summed E-state index contributed by atoms with van der Waals surface area (Å²) < 4.78 is 18.8. The summed E-state index contributed by atoms with van der Waals surface area (Å²) in [6.45, 7) is 10.1. The average Bonchev–Trinajstić information content (AvgIpc) is 3.46. The van der Waals surface area contributed by atoms with Gasteiger partial charge in [-0.25, -0.2) is 0 Å². The first-order valence-electron chi connectivity index (χ1n) is 14.2. The zero-order valence-corrected chi connectivity index (χ0v) is 25.0. The van der Waals surface area contributed by atoms with E-state index in [0.29, 0.717) is 17.0 Å². The number of amides is 1. The molecule has 1 aliphatic heterocycles. The molecule has 5 rings (SSSR count). The minimum absolute atomic E-state index is 0.0286. The fourth-order valence-electron chi connectivity index (χ4n) is 5.05. The van der Waals surface area contributed by atoms with Gasteiger partial charge in [-0.15, -0.1) is 5.10 Å². The molecular formula is C33H39N5O4. The van der Waals surface area contributed by atoms with Crippen LogP contribution in [0.4, 0.5) is 5.69 Å². The number of benzene rings is 3. The Bertz CT molecular complexity index is 1520. The number of carbonyl (C=O) groups excluding carboxylic acids is 1. The summed E-state index contributed by atoms with van der Waals surface area (Å²) in [7, 11) is 3.33. The summed E-state index contributed by atoms with van der Waals surface area (Å²) in [6, 6.07) is 19.3. The van der Waals surface area contributed by atoms with E-state index in [4.69, 9.17) is 14.2 Å². The van der Waals surface area contributed by atoms with Gasteiger partial charge in [0.2, 0.25) is 0 Å². The molecule has 2 heterocycles. The second-order valence-electron chi connectivity index (χ2n) is 11.5. The van der Waals surface area contributed by atoms with Gasteiger partial charge in [0.15, 0.2) is 11.5 Å². The average molecular weight is 570 g/mol. The van der Waals surface area contributed by atoms with E-state index >= 15 is 0 Å². The molecule has 1 aliphatic rings. The lowest BCUT2D eigenvalue weighted by molar-refractivity contribution is 0.102. The van der Waals surface area contributed by atoms with Gasteiger partial charge in [0, 0.05) is 25.2 Å². The molecule has 3 aromatic carbocycles. The number of fused-ring (bicyclic) bond motifs is 1. The summed E-state index contributed by atoms with van der Waals surface area (Å²) in [4.78, 5) is 15.3. The Kier molecular flexibility index (Phi) is 8.77. The third-order valence-corrected chi connectivity index (χ3v) is 7.55. The van der Waals surface area contributed by atoms with E-state index in [1.807, 2.05) is 59.4 Å². The van der Waals surface area contributed by atoms with Crippen molar-refractivity contribution >= 4 is 11.6 Å². The molecule has 1 aromatic heterocycles. The van der Waals surface area contributed by atoms with Gasteiger partial charge in [-0.05, 0) is 64.9 Å². The molecule has 0 unspecified atom stereocenters. The molecule has 220 valence electrons. The molecule has 0 saturated carbocycles. The fourth-order valence-corrected chi connectivity index (χ4v) is 5.05. The van der Waals surface area contributed by atoms with E-state index in [9.17, 15) is 4.79 Å². The number of anilines is 1. The zero-order chi connectivity index (χ0) is 29.7. The number of methoxy groups -OCH3 is 2. The lowest BCUT2D eigenvalue weighted by Crippen LogP contribution is -2.33. The molecule has 9 heteroatoms. The monoisotopic (exact) mass is 569 g/mol. The first-order chi connectivity index (χ1) is 20.2. The Morgan fingerprint density at radius 2 is 1.64 bits per heavy atom. The van der Waals surface area contributed by atoms with Crippen molar-refractivity contribution in [2.75, 3.05) is 32.6 Å². The number of rotatable bonds is 10. The van der Waals surface area contributed by atoms with Crippen LogP contribution in [0, 0.1) is 0 Å². The van der Waals surface area contributed by atoms with Gasteiger partial charge in [0.1, 0.15) is 18.1 Å². The molecule has 1 amide bonds. The quantitative estimate of drug-likeness (QED) is 0.270. The predicted octanol–water partition coefficient (Wildman–Crippen LogP) is 5.48. The highest BCUT2D eigenvalue weighted by Crippen LogP contribution is 2.33. The largest absolute Gasteiger partial charge is 0.493 e. The molecule has 4 aromatic rings. The lowest BCUT2D eigenvalue weighted by atomic mass is 9.87. The Morgan fingerprint density at radius 1 is 0.929 bits per heavy atom. The van der Waals surface area contributed by atoms with E-state index in [0.717, 1.165) is 49.8 Å². The van der Waals surface area contributed by atoms with Gasteiger partial charge < -0.3 is 19.5 Å². The lowest BCUT2D eigenvalue weighted by Gasteiger charge is -2.29. The second kappa shape index (κ2) is 12.7. The highest BCUT2D eigenvalue weighted by atomic mass is 16.5. The van der Waals surface area contributed by atoms with E-state index in [-0.39, 0.29) is 17.9 Å². The molecule has 0 spiro atoms. The summed E-state index contributed by atoms with van der Waals surface area (Å²) in [5, 5.41) is 11.6. The first kappa shape index (κ1) is 29.1. The topological polar surface area (TPSA) is 90.7 Å². The Hall–Kier alpha value is -4.37. The second-order valence-corrected chi connectivity index (χ2v) is 11.5. The number of hydrogen-bond donors (Lipinski definition) is 1. The van der Waals surface area contributed by atoms with Crippen molar-refractivity contribution in [3.8, 4) is 17.2 Å². The van der Waals surface area contributed by atoms with Crippen LogP contribution in [0.2, 0.25) is 0 Å². The number of hydrogen-bond acceptors (Lipinski definition) is 7. The summed E-state index contributed by atoms with van der Waals surface area (Å²) >= 11 is 0. The smallest absolute Gasteiger partial charge is 0.255 e. The molecule has 42 heavy (non-hydrogen) atoms. The maximum Gasteiger partial charge on any atom is 0.255 e. The normalized spacial score (nSPS) is 13.4. The van der Waals surface area contributed by atoms with Crippen molar-refractivity contribution in [2.24, 2.45) is 0 Å². The van der Waals surface area contributed by atoms with E-state index in [1.54, 1.807) is 14.2 Å². The molecule has 9 nitrogen and oxygen atoms in total. The van der Waals surface area contributed by atoms with Crippen molar-refractivity contribution in [1.29, 1.82) is 0 Å². The fraction of sp³-hybridized carbons (Fsp3) is 0.364. The number of carbonyl (C=O) groups is 1. The number of ether oxygens (including phenoxy) is 3. The first-order valence-corrected chi connectivity index (χ1v) is 14.2. The van der Waals surface area contributed by atoms with Gasteiger partial charge in [0.25, 0.3) is 5.91 Å². The van der Waals surface area contributed by atoms with Gasteiger partial charge in [-0.1, -0.05) is 50.3 Å². The van der Waals surface area contributed by atoms with Crippen LogP contribution in [0.1, 0.15) is 53.5 Å². The van der Waals surface area contributed by atoms with Crippen LogP contribution < -0.4 is 19.5 Å². The van der Waals surface area contributed by atoms with Crippen molar-refractivity contribution in [3.05, 3.63) is 94.8 Å². The minimum atomic E-state index is -0.185. The van der Waals surface area contributed by atoms with Gasteiger partial charge in [0.05, 0.1) is 32.6 Å². The standard InChI is InChI=1S/C33H39N5O4/c1-33(2,3)26-12-10-23(11-13-26)32(39)34-28-8-6-7-9-29(28)42-22-27-21-38(36-35-27)17-16-37-15-14-24-18-30(40-4)31(41-5)19-25(24)20-37/h6-13,18-19,21H,14-17,20,22H2,1-5H3,(H,34,39). The Morgan fingerprint density at radius 3 is 2.36 bits per heavy atom. The zero-order valence-electron chi connectivity index (χ0n) is 25.0. The number of aromatic nitrogens is 3. The predicted molar refractivity (Wildman–Crippen MR) is 162 cm³/mol. The van der Waals surface area contributed by atoms with E-state index in [1.165, 1.54) is 16.7 Å². The summed E-state index contributed by atoms with van der Waals surface area (Å²) in [6.07, 6.45) is 2.87. The molecular weight excluding hydrogens is 530 g/mol.